The minimum atomic E-state index is 0. The van der Waals surface area contributed by atoms with Crippen LogP contribution in [0.25, 0.3) is 5.69 Å². The fourth-order valence-electron chi connectivity index (χ4n) is 2.62. The molecule has 0 aliphatic carbocycles. The molecule has 7 nitrogen and oxygen atoms in total. The van der Waals surface area contributed by atoms with E-state index >= 15 is 0 Å². The zero-order chi connectivity index (χ0) is 14.7. The molecule has 1 saturated heterocycles. The maximum absolute atomic E-state index is 12.5. The molecule has 1 aromatic heterocycles. The van der Waals surface area contributed by atoms with Crippen LogP contribution in [0.3, 0.4) is 0 Å². The second-order valence-electron chi connectivity index (χ2n) is 5.18. The summed E-state index contributed by atoms with van der Waals surface area (Å²) in [6, 6.07) is 7.74. The molecule has 8 heteroatoms. The zero-order valence-electron chi connectivity index (χ0n) is 12.3. The van der Waals surface area contributed by atoms with Crippen LogP contribution in [0, 0.1) is 0 Å². The Labute approximate surface area is 135 Å². The molecule has 1 atom stereocenters. The summed E-state index contributed by atoms with van der Waals surface area (Å²) in [5, 5.41) is 14.3. The lowest BCUT2D eigenvalue weighted by Crippen LogP contribution is -2.46. The van der Waals surface area contributed by atoms with Crippen molar-refractivity contribution in [2.75, 3.05) is 20.1 Å². The van der Waals surface area contributed by atoms with Crippen molar-refractivity contribution in [3.8, 4) is 5.69 Å². The summed E-state index contributed by atoms with van der Waals surface area (Å²) in [6.07, 6.45) is 3.69. The number of likely N-dealkylation sites (tertiary alicyclic amines) is 1. The van der Waals surface area contributed by atoms with E-state index in [9.17, 15) is 4.79 Å². The van der Waals surface area contributed by atoms with Crippen LogP contribution in [0.1, 0.15) is 23.2 Å². The fraction of sp³-hybridized carbons (Fsp3) is 0.429. The number of likely N-dealkylation sites (N-methyl/N-ethyl adjacent to an activating group) is 1. The summed E-state index contributed by atoms with van der Waals surface area (Å²) < 4.78 is 1.56. The number of benzene rings is 1. The number of hydrogen-bond donors (Lipinski definition) is 1. The summed E-state index contributed by atoms with van der Waals surface area (Å²) in [7, 11) is 1.94. The molecule has 1 aliphatic heterocycles. The van der Waals surface area contributed by atoms with Gasteiger partial charge >= 0.3 is 0 Å². The minimum absolute atomic E-state index is 0. The quantitative estimate of drug-likeness (QED) is 0.909. The molecule has 0 spiro atoms. The highest BCUT2D eigenvalue weighted by Gasteiger charge is 2.23. The fourth-order valence-corrected chi connectivity index (χ4v) is 2.62. The molecule has 1 N–H and O–H groups in total. The maximum Gasteiger partial charge on any atom is 0.253 e. The van der Waals surface area contributed by atoms with Crippen molar-refractivity contribution < 1.29 is 4.79 Å². The number of carbonyl (C=O) groups is 1. The molecular formula is C14H19ClN6O. The van der Waals surface area contributed by atoms with E-state index in [2.05, 4.69) is 20.8 Å². The van der Waals surface area contributed by atoms with Gasteiger partial charge in [-0.2, -0.15) is 0 Å². The molecule has 1 fully saturated rings. The lowest BCUT2D eigenvalue weighted by Gasteiger charge is -2.32. The van der Waals surface area contributed by atoms with E-state index in [0.717, 1.165) is 31.6 Å². The van der Waals surface area contributed by atoms with Crippen LogP contribution >= 0.6 is 12.4 Å². The lowest BCUT2D eigenvalue weighted by molar-refractivity contribution is 0.0698. The first-order valence-electron chi connectivity index (χ1n) is 7.08. The second kappa shape index (κ2) is 7.33. The Kier molecular flexibility index (Phi) is 5.46. The van der Waals surface area contributed by atoms with Crippen molar-refractivity contribution >= 4 is 18.3 Å². The van der Waals surface area contributed by atoms with Crippen LogP contribution in [0.15, 0.2) is 30.6 Å². The SMILES string of the molecule is CNC1CCCN(C(=O)c2ccc(-n3cnnn3)cc2)C1.Cl. The summed E-state index contributed by atoms with van der Waals surface area (Å²) in [4.78, 5) is 14.4. The number of amides is 1. The van der Waals surface area contributed by atoms with Gasteiger partial charge in [-0.3, -0.25) is 4.79 Å². The summed E-state index contributed by atoms with van der Waals surface area (Å²) in [5.41, 5.74) is 1.53. The minimum Gasteiger partial charge on any atom is -0.337 e. The average Bonchev–Trinajstić information content (AvgIpc) is 3.09. The molecular weight excluding hydrogens is 304 g/mol. The summed E-state index contributed by atoms with van der Waals surface area (Å²) >= 11 is 0. The molecule has 2 aromatic rings. The predicted octanol–water partition coefficient (Wildman–Crippen LogP) is 0.908. The number of rotatable bonds is 3. The van der Waals surface area contributed by atoms with Crippen LogP contribution in [0.4, 0.5) is 0 Å². The van der Waals surface area contributed by atoms with Gasteiger partial charge in [0.1, 0.15) is 6.33 Å². The summed E-state index contributed by atoms with van der Waals surface area (Å²) in [5.74, 6) is 0.0817. The van der Waals surface area contributed by atoms with Gasteiger partial charge in [0, 0.05) is 24.7 Å². The number of carbonyl (C=O) groups excluding carboxylic acids is 1. The van der Waals surface area contributed by atoms with Gasteiger partial charge in [0.15, 0.2) is 0 Å². The molecule has 0 bridgehead atoms. The van der Waals surface area contributed by atoms with Crippen LogP contribution in [-0.2, 0) is 0 Å². The van der Waals surface area contributed by atoms with Crippen LogP contribution < -0.4 is 5.32 Å². The number of nitrogens with zero attached hydrogens (tertiary/aromatic N) is 5. The van der Waals surface area contributed by atoms with Gasteiger partial charge in [0.2, 0.25) is 0 Å². The van der Waals surface area contributed by atoms with Crippen LogP contribution in [0.5, 0.6) is 0 Å². The number of halogens is 1. The molecule has 1 aromatic carbocycles. The van der Waals surface area contributed by atoms with Crippen molar-refractivity contribution in [3.05, 3.63) is 36.2 Å². The Morgan fingerprint density at radius 1 is 1.32 bits per heavy atom. The van der Waals surface area contributed by atoms with Crippen molar-refractivity contribution in [1.29, 1.82) is 0 Å². The topological polar surface area (TPSA) is 75.9 Å². The van der Waals surface area contributed by atoms with Gasteiger partial charge in [-0.05, 0) is 54.6 Å². The van der Waals surface area contributed by atoms with E-state index in [-0.39, 0.29) is 18.3 Å². The zero-order valence-corrected chi connectivity index (χ0v) is 13.2. The number of tetrazole rings is 1. The van der Waals surface area contributed by atoms with E-state index in [4.69, 9.17) is 0 Å². The smallest absolute Gasteiger partial charge is 0.253 e. The van der Waals surface area contributed by atoms with E-state index in [1.54, 1.807) is 4.68 Å². The Bertz CT molecular complexity index is 600. The third kappa shape index (κ3) is 3.42. The molecule has 0 saturated carbocycles. The average molecular weight is 323 g/mol. The van der Waals surface area contributed by atoms with Crippen molar-refractivity contribution in [2.45, 2.75) is 18.9 Å². The van der Waals surface area contributed by atoms with Gasteiger partial charge in [0.05, 0.1) is 5.69 Å². The maximum atomic E-state index is 12.5. The van der Waals surface area contributed by atoms with Crippen molar-refractivity contribution in [2.24, 2.45) is 0 Å². The highest BCUT2D eigenvalue weighted by molar-refractivity contribution is 5.94. The predicted molar refractivity (Wildman–Crippen MR) is 84.4 cm³/mol. The lowest BCUT2D eigenvalue weighted by atomic mass is 10.0. The molecule has 118 valence electrons. The van der Waals surface area contributed by atoms with E-state index < -0.39 is 0 Å². The highest BCUT2D eigenvalue weighted by Crippen LogP contribution is 2.15. The third-order valence-electron chi connectivity index (χ3n) is 3.84. The standard InChI is InChI=1S/C14H18N6O.ClH/c1-15-12-3-2-8-19(9-12)14(21)11-4-6-13(7-5-11)20-10-16-17-18-20;/h4-7,10,12,15H,2-3,8-9H2,1H3;1H. The van der Waals surface area contributed by atoms with Gasteiger partial charge < -0.3 is 10.2 Å². The number of nitrogens with one attached hydrogen (secondary N) is 1. The van der Waals surface area contributed by atoms with Gasteiger partial charge in [-0.1, -0.05) is 0 Å². The van der Waals surface area contributed by atoms with E-state index in [0.29, 0.717) is 11.6 Å². The van der Waals surface area contributed by atoms with Crippen LogP contribution in [0.2, 0.25) is 0 Å². The van der Waals surface area contributed by atoms with E-state index in [1.807, 2.05) is 36.2 Å². The van der Waals surface area contributed by atoms with E-state index in [1.165, 1.54) is 6.33 Å². The monoisotopic (exact) mass is 322 g/mol. The molecule has 3 rings (SSSR count). The van der Waals surface area contributed by atoms with Gasteiger partial charge in [0.25, 0.3) is 5.91 Å². The summed E-state index contributed by atoms with van der Waals surface area (Å²) in [6.45, 7) is 1.59. The van der Waals surface area contributed by atoms with Gasteiger partial charge in [-0.25, -0.2) is 4.68 Å². The Morgan fingerprint density at radius 3 is 2.73 bits per heavy atom. The highest BCUT2D eigenvalue weighted by atomic mass is 35.5. The first-order valence-corrected chi connectivity index (χ1v) is 7.08. The molecule has 1 unspecified atom stereocenters. The Morgan fingerprint density at radius 2 is 2.09 bits per heavy atom. The Balaban J connectivity index is 0.00000176. The number of aromatic nitrogens is 4. The molecule has 0 radical (unpaired) electrons. The molecule has 2 heterocycles. The van der Waals surface area contributed by atoms with Crippen molar-refractivity contribution in [3.63, 3.8) is 0 Å². The normalized spacial score (nSPS) is 17.9. The third-order valence-corrected chi connectivity index (χ3v) is 3.84. The largest absolute Gasteiger partial charge is 0.337 e. The first kappa shape index (κ1) is 16.4. The van der Waals surface area contributed by atoms with Crippen molar-refractivity contribution in [1.82, 2.24) is 30.4 Å². The molecule has 1 aliphatic rings. The molecule has 22 heavy (non-hydrogen) atoms. The second-order valence-corrected chi connectivity index (χ2v) is 5.18. The van der Waals surface area contributed by atoms with Crippen LogP contribution in [-0.4, -0.2) is 57.2 Å². The number of hydrogen-bond acceptors (Lipinski definition) is 5. The van der Waals surface area contributed by atoms with Gasteiger partial charge in [-0.15, -0.1) is 17.5 Å². The Hall–Kier alpha value is -1.99. The molecule has 1 amide bonds. The number of piperidine rings is 1. The first-order chi connectivity index (χ1) is 10.3.